The Hall–Kier alpha value is -1.16. The molecule has 1 N–H and O–H groups in total. The highest BCUT2D eigenvalue weighted by molar-refractivity contribution is 5.52. The maximum absolute atomic E-state index is 9.76. The van der Waals surface area contributed by atoms with E-state index in [-0.39, 0.29) is 0 Å². The van der Waals surface area contributed by atoms with Crippen LogP contribution in [0.4, 0.5) is 5.82 Å². The minimum atomic E-state index is -0.535. The van der Waals surface area contributed by atoms with Gasteiger partial charge in [0.25, 0.3) is 0 Å². The lowest BCUT2D eigenvalue weighted by Crippen LogP contribution is -2.60. The number of hydrogen-bond acceptors (Lipinski definition) is 4. The zero-order chi connectivity index (χ0) is 11.2. The molecule has 1 fully saturated rings. The molecule has 0 spiro atoms. The molecule has 16 heavy (non-hydrogen) atoms. The summed E-state index contributed by atoms with van der Waals surface area (Å²) in [6.07, 6.45) is 6.30. The minimum Gasteiger partial charge on any atom is -0.386 e. The third kappa shape index (κ3) is 1.57. The van der Waals surface area contributed by atoms with Crippen LogP contribution in [0, 0.1) is 0 Å². The quantitative estimate of drug-likeness (QED) is 0.763. The molecule has 2 aliphatic rings. The van der Waals surface area contributed by atoms with Crippen molar-refractivity contribution in [1.29, 1.82) is 0 Å². The van der Waals surface area contributed by atoms with E-state index in [2.05, 4.69) is 14.9 Å². The molecule has 0 radical (unpaired) electrons. The first-order chi connectivity index (χ1) is 7.66. The van der Waals surface area contributed by atoms with Gasteiger partial charge in [0.1, 0.15) is 12.1 Å². The molecule has 4 heteroatoms. The van der Waals surface area contributed by atoms with E-state index in [0.29, 0.717) is 13.1 Å². The van der Waals surface area contributed by atoms with Crippen LogP contribution >= 0.6 is 0 Å². The Labute approximate surface area is 95.3 Å². The molecule has 1 aromatic heterocycles. The topological polar surface area (TPSA) is 49.2 Å². The summed E-state index contributed by atoms with van der Waals surface area (Å²) in [7, 11) is 0. The number of aromatic nitrogens is 2. The highest BCUT2D eigenvalue weighted by Gasteiger charge is 2.38. The Kier molecular flexibility index (Phi) is 2.14. The third-order valence-corrected chi connectivity index (χ3v) is 3.46. The lowest BCUT2D eigenvalue weighted by Gasteiger charge is -2.45. The van der Waals surface area contributed by atoms with Crippen molar-refractivity contribution in [2.75, 3.05) is 18.0 Å². The van der Waals surface area contributed by atoms with Crippen LogP contribution in [0.25, 0.3) is 0 Å². The SMILES string of the molecule is CC1(O)CN(c2ncnc3c2CCCC3)C1. The maximum atomic E-state index is 9.76. The van der Waals surface area contributed by atoms with Crippen LogP contribution in [-0.4, -0.2) is 33.8 Å². The van der Waals surface area contributed by atoms with E-state index < -0.39 is 5.60 Å². The molecular formula is C12H17N3O. The predicted octanol–water partition coefficient (Wildman–Crippen LogP) is 0.926. The molecule has 0 atom stereocenters. The second-order valence-corrected chi connectivity index (χ2v) is 5.18. The molecule has 1 aliphatic heterocycles. The van der Waals surface area contributed by atoms with Crippen molar-refractivity contribution in [3.8, 4) is 0 Å². The fraction of sp³-hybridized carbons (Fsp3) is 0.667. The summed E-state index contributed by atoms with van der Waals surface area (Å²) in [5.41, 5.74) is 1.99. The van der Waals surface area contributed by atoms with Crippen molar-refractivity contribution in [2.45, 2.75) is 38.2 Å². The van der Waals surface area contributed by atoms with E-state index >= 15 is 0 Å². The standard InChI is InChI=1S/C12H17N3O/c1-12(16)6-15(7-12)11-9-4-2-3-5-10(9)13-8-14-11/h8,16H,2-7H2,1H3. The molecule has 3 rings (SSSR count). The third-order valence-electron chi connectivity index (χ3n) is 3.46. The number of fused-ring (bicyclic) bond motifs is 1. The zero-order valence-electron chi connectivity index (χ0n) is 9.61. The molecule has 0 saturated carbocycles. The Bertz CT molecular complexity index is 409. The normalized spacial score (nSPS) is 22.5. The highest BCUT2D eigenvalue weighted by atomic mass is 16.3. The number of anilines is 1. The number of β-amino-alcohol motifs (C(OH)–C–C–N with tert-alkyl or cyclic N) is 1. The summed E-state index contributed by atoms with van der Waals surface area (Å²) in [6.45, 7) is 3.25. The van der Waals surface area contributed by atoms with Gasteiger partial charge in [0.15, 0.2) is 0 Å². The van der Waals surface area contributed by atoms with Crippen molar-refractivity contribution in [3.63, 3.8) is 0 Å². The predicted molar refractivity (Wildman–Crippen MR) is 61.5 cm³/mol. The average molecular weight is 219 g/mol. The summed E-state index contributed by atoms with van der Waals surface area (Å²) in [6, 6.07) is 0. The molecule has 86 valence electrons. The van der Waals surface area contributed by atoms with Crippen molar-refractivity contribution in [1.82, 2.24) is 9.97 Å². The number of rotatable bonds is 1. The number of aliphatic hydroxyl groups is 1. The Balaban J connectivity index is 1.90. The largest absolute Gasteiger partial charge is 0.386 e. The first-order valence-corrected chi connectivity index (χ1v) is 5.96. The number of hydrogen-bond donors (Lipinski definition) is 1. The van der Waals surface area contributed by atoms with Gasteiger partial charge in [0, 0.05) is 24.3 Å². The summed E-state index contributed by atoms with van der Waals surface area (Å²) in [5.74, 6) is 1.05. The Morgan fingerprint density at radius 3 is 2.75 bits per heavy atom. The lowest BCUT2D eigenvalue weighted by molar-refractivity contribution is 0.0304. The Morgan fingerprint density at radius 2 is 2.00 bits per heavy atom. The van der Waals surface area contributed by atoms with E-state index in [1.165, 1.54) is 24.1 Å². The molecule has 2 heterocycles. The van der Waals surface area contributed by atoms with Gasteiger partial charge in [-0.25, -0.2) is 9.97 Å². The zero-order valence-corrected chi connectivity index (χ0v) is 9.61. The van der Waals surface area contributed by atoms with Crippen LogP contribution in [0.2, 0.25) is 0 Å². The van der Waals surface area contributed by atoms with Crippen LogP contribution in [0.5, 0.6) is 0 Å². The van der Waals surface area contributed by atoms with Gasteiger partial charge in [-0.2, -0.15) is 0 Å². The van der Waals surface area contributed by atoms with Gasteiger partial charge < -0.3 is 10.0 Å². The van der Waals surface area contributed by atoms with E-state index in [0.717, 1.165) is 18.7 Å². The van der Waals surface area contributed by atoms with Crippen LogP contribution in [0.15, 0.2) is 6.33 Å². The highest BCUT2D eigenvalue weighted by Crippen LogP contribution is 2.32. The van der Waals surface area contributed by atoms with E-state index in [9.17, 15) is 5.11 Å². The molecule has 0 unspecified atom stereocenters. The van der Waals surface area contributed by atoms with Gasteiger partial charge in [-0.15, -0.1) is 0 Å². The van der Waals surface area contributed by atoms with E-state index in [1.807, 2.05) is 6.92 Å². The smallest absolute Gasteiger partial charge is 0.135 e. The molecule has 4 nitrogen and oxygen atoms in total. The monoisotopic (exact) mass is 219 g/mol. The van der Waals surface area contributed by atoms with E-state index in [1.54, 1.807) is 6.33 Å². The molecular weight excluding hydrogens is 202 g/mol. The van der Waals surface area contributed by atoms with Crippen LogP contribution < -0.4 is 4.90 Å². The molecule has 0 bridgehead atoms. The van der Waals surface area contributed by atoms with Crippen LogP contribution in [0.1, 0.15) is 31.0 Å². The van der Waals surface area contributed by atoms with Crippen molar-refractivity contribution in [3.05, 3.63) is 17.6 Å². The summed E-state index contributed by atoms with van der Waals surface area (Å²) >= 11 is 0. The second-order valence-electron chi connectivity index (χ2n) is 5.18. The Morgan fingerprint density at radius 1 is 1.25 bits per heavy atom. The fourth-order valence-corrected chi connectivity index (χ4v) is 2.70. The maximum Gasteiger partial charge on any atom is 0.135 e. The van der Waals surface area contributed by atoms with Gasteiger partial charge >= 0.3 is 0 Å². The molecule has 0 amide bonds. The van der Waals surface area contributed by atoms with Gasteiger partial charge in [-0.3, -0.25) is 0 Å². The molecule has 0 aromatic carbocycles. The van der Waals surface area contributed by atoms with Crippen molar-refractivity contribution >= 4 is 5.82 Å². The van der Waals surface area contributed by atoms with Crippen molar-refractivity contribution < 1.29 is 5.11 Å². The summed E-state index contributed by atoms with van der Waals surface area (Å²) < 4.78 is 0. The van der Waals surface area contributed by atoms with Gasteiger partial charge in [-0.1, -0.05) is 0 Å². The van der Waals surface area contributed by atoms with Gasteiger partial charge in [-0.05, 0) is 32.6 Å². The molecule has 1 saturated heterocycles. The van der Waals surface area contributed by atoms with Gasteiger partial charge in [0.05, 0.1) is 5.60 Å². The van der Waals surface area contributed by atoms with Crippen LogP contribution in [0.3, 0.4) is 0 Å². The van der Waals surface area contributed by atoms with E-state index in [4.69, 9.17) is 0 Å². The molecule has 1 aromatic rings. The fourth-order valence-electron chi connectivity index (χ4n) is 2.70. The van der Waals surface area contributed by atoms with Crippen molar-refractivity contribution in [2.24, 2.45) is 0 Å². The summed E-state index contributed by atoms with van der Waals surface area (Å²) in [5, 5.41) is 9.76. The average Bonchev–Trinajstić information content (AvgIpc) is 2.25. The summed E-state index contributed by atoms with van der Waals surface area (Å²) in [4.78, 5) is 10.9. The van der Waals surface area contributed by atoms with Crippen LogP contribution in [-0.2, 0) is 12.8 Å². The first kappa shape index (κ1) is 10.0. The molecule has 1 aliphatic carbocycles. The second kappa shape index (κ2) is 3.42. The number of aryl methyl sites for hydroxylation is 1. The van der Waals surface area contributed by atoms with Gasteiger partial charge in [0.2, 0.25) is 0 Å². The minimum absolute atomic E-state index is 0.535. The number of nitrogens with zero attached hydrogens (tertiary/aromatic N) is 3. The first-order valence-electron chi connectivity index (χ1n) is 5.96. The lowest BCUT2D eigenvalue weighted by atomic mass is 9.92.